The smallest absolute Gasteiger partial charge is 0.280 e. The van der Waals surface area contributed by atoms with Gasteiger partial charge in [0.1, 0.15) is 5.75 Å². The van der Waals surface area contributed by atoms with Crippen molar-refractivity contribution in [2.24, 2.45) is 0 Å². The molecular formula is C21H20N4O5. The average molecular weight is 408 g/mol. The summed E-state index contributed by atoms with van der Waals surface area (Å²) >= 11 is 0. The van der Waals surface area contributed by atoms with Crippen LogP contribution in [0.3, 0.4) is 0 Å². The summed E-state index contributed by atoms with van der Waals surface area (Å²) in [5.41, 5.74) is 7.35. The molecule has 0 radical (unpaired) electrons. The number of hydrogen-bond donors (Lipinski definition) is 1. The molecule has 9 heteroatoms. The molecule has 0 aliphatic rings. The molecule has 2 aromatic heterocycles. The van der Waals surface area contributed by atoms with E-state index in [9.17, 15) is 4.79 Å². The summed E-state index contributed by atoms with van der Waals surface area (Å²) < 4.78 is 22.4. The number of ether oxygens (including phenoxy) is 4. The van der Waals surface area contributed by atoms with Gasteiger partial charge in [-0.2, -0.15) is 4.68 Å². The van der Waals surface area contributed by atoms with Crippen LogP contribution in [0.1, 0.15) is 10.4 Å². The van der Waals surface area contributed by atoms with Crippen molar-refractivity contribution in [3.05, 3.63) is 42.0 Å². The van der Waals surface area contributed by atoms with Crippen LogP contribution in [-0.4, -0.2) is 49.1 Å². The molecule has 154 valence electrons. The van der Waals surface area contributed by atoms with Gasteiger partial charge in [0.25, 0.3) is 5.91 Å². The molecule has 30 heavy (non-hydrogen) atoms. The molecule has 4 aromatic rings. The van der Waals surface area contributed by atoms with Crippen LogP contribution in [0.5, 0.6) is 23.0 Å². The molecule has 0 spiro atoms. The van der Waals surface area contributed by atoms with Gasteiger partial charge in [0, 0.05) is 17.0 Å². The summed E-state index contributed by atoms with van der Waals surface area (Å²) in [5.74, 6) is 1.52. The minimum atomic E-state index is -0.439. The van der Waals surface area contributed by atoms with Crippen molar-refractivity contribution in [1.82, 2.24) is 14.8 Å². The topological polar surface area (TPSA) is 111 Å². The molecule has 0 fully saturated rings. The van der Waals surface area contributed by atoms with E-state index in [0.29, 0.717) is 39.5 Å². The number of methoxy groups -OCH3 is 4. The van der Waals surface area contributed by atoms with E-state index in [1.54, 1.807) is 25.3 Å². The first-order valence-electron chi connectivity index (χ1n) is 8.98. The van der Waals surface area contributed by atoms with Gasteiger partial charge in [-0.05, 0) is 30.3 Å². The zero-order valence-electron chi connectivity index (χ0n) is 16.9. The Balaban J connectivity index is 1.90. The summed E-state index contributed by atoms with van der Waals surface area (Å²) in [6, 6.07) is 10.4. The Hall–Kier alpha value is -4.01. The van der Waals surface area contributed by atoms with E-state index in [0.717, 1.165) is 5.39 Å². The fourth-order valence-electron chi connectivity index (χ4n) is 3.29. The summed E-state index contributed by atoms with van der Waals surface area (Å²) in [6.45, 7) is 0. The molecule has 0 aliphatic heterocycles. The van der Waals surface area contributed by atoms with Gasteiger partial charge in [-0.3, -0.25) is 4.79 Å². The van der Waals surface area contributed by atoms with Crippen molar-refractivity contribution < 1.29 is 23.7 Å². The quantitative estimate of drug-likeness (QED) is 0.537. The number of nitrogen functional groups attached to an aromatic ring is 1. The van der Waals surface area contributed by atoms with E-state index in [4.69, 9.17) is 24.7 Å². The molecule has 9 nitrogen and oxygen atoms in total. The van der Waals surface area contributed by atoms with Gasteiger partial charge < -0.3 is 24.7 Å². The number of fused-ring (bicyclic) bond motifs is 2. The first-order chi connectivity index (χ1) is 14.5. The summed E-state index contributed by atoms with van der Waals surface area (Å²) in [5, 5.41) is 5.66. The fraction of sp³-hybridized carbons (Fsp3) is 0.190. The number of carbonyl (C=O) groups excluding carboxylic acids is 1. The minimum absolute atomic E-state index is 0.205. The largest absolute Gasteiger partial charge is 0.497 e. The maximum atomic E-state index is 13.3. The molecule has 0 unspecified atom stereocenters. The molecule has 0 bridgehead atoms. The SMILES string of the molecule is COc1ccc2cc3c(N)nn(C(=O)c4cc(OC)c(OC)c(OC)c4)c3nc2c1. The average Bonchev–Trinajstić information content (AvgIpc) is 3.10. The van der Waals surface area contributed by atoms with Gasteiger partial charge in [-0.15, -0.1) is 5.10 Å². The Bertz CT molecular complexity index is 1260. The summed E-state index contributed by atoms with van der Waals surface area (Å²) in [6.07, 6.45) is 0. The third-order valence-electron chi connectivity index (χ3n) is 4.79. The number of nitrogens with zero attached hydrogens (tertiary/aromatic N) is 3. The molecule has 2 aromatic carbocycles. The van der Waals surface area contributed by atoms with Crippen LogP contribution >= 0.6 is 0 Å². The molecule has 4 rings (SSSR count). The van der Waals surface area contributed by atoms with Crippen molar-refractivity contribution in [2.75, 3.05) is 34.2 Å². The number of aromatic nitrogens is 3. The Morgan fingerprint density at radius 3 is 2.23 bits per heavy atom. The minimum Gasteiger partial charge on any atom is -0.497 e. The highest BCUT2D eigenvalue weighted by Crippen LogP contribution is 2.38. The van der Waals surface area contributed by atoms with Gasteiger partial charge in [0.15, 0.2) is 23.0 Å². The van der Waals surface area contributed by atoms with Crippen LogP contribution in [0, 0.1) is 0 Å². The van der Waals surface area contributed by atoms with Crippen molar-refractivity contribution in [1.29, 1.82) is 0 Å². The molecule has 2 heterocycles. The second kappa shape index (κ2) is 7.43. The van der Waals surface area contributed by atoms with E-state index < -0.39 is 5.91 Å². The third-order valence-corrected chi connectivity index (χ3v) is 4.79. The van der Waals surface area contributed by atoms with Crippen molar-refractivity contribution in [3.63, 3.8) is 0 Å². The highest BCUT2D eigenvalue weighted by molar-refractivity contribution is 6.05. The predicted octanol–water partition coefficient (Wildman–Crippen LogP) is 2.89. The molecule has 2 N–H and O–H groups in total. The molecule has 0 aliphatic carbocycles. The zero-order valence-corrected chi connectivity index (χ0v) is 16.9. The monoisotopic (exact) mass is 408 g/mol. The van der Waals surface area contributed by atoms with Crippen LogP contribution in [0.25, 0.3) is 21.9 Å². The van der Waals surface area contributed by atoms with Crippen LogP contribution in [0.2, 0.25) is 0 Å². The van der Waals surface area contributed by atoms with Crippen molar-refractivity contribution in [3.8, 4) is 23.0 Å². The third kappa shape index (κ3) is 3.00. The molecule has 0 saturated carbocycles. The van der Waals surface area contributed by atoms with Crippen molar-refractivity contribution in [2.45, 2.75) is 0 Å². The lowest BCUT2D eigenvalue weighted by atomic mass is 10.1. The Morgan fingerprint density at radius 1 is 0.933 bits per heavy atom. The second-order valence-corrected chi connectivity index (χ2v) is 6.43. The number of hydrogen-bond acceptors (Lipinski definition) is 8. The van der Waals surface area contributed by atoms with E-state index in [1.165, 1.54) is 26.0 Å². The number of nitrogens with two attached hydrogens (primary N) is 1. The summed E-state index contributed by atoms with van der Waals surface area (Å²) in [4.78, 5) is 17.9. The normalized spacial score (nSPS) is 10.9. The van der Waals surface area contributed by atoms with Crippen LogP contribution in [0.4, 0.5) is 5.82 Å². The fourth-order valence-corrected chi connectivity index (χ4v) is 3.29. The van der Waals surface area contributed by atoms with Gasteiger partial charge in [-0.25, -0.2) is 4.98 Å². The lowest BCUT2D eigenvalue weighted by molar-refractivity contribution is 0.0949. The van der Waals surface area contributed by atoms with Crippen LogP contribution < -0.4 is 24.7 Å². The van der Waals surface area contributed by atoms with E-state index >= 15 is 0 Å². The van der Waals surface area contributed by atoms with E-state index in [1.807, 2.05) is 18.2 Å². The van der Waals surface area contributed by atoms with Gasteiger partial charge >= 0.3 is 0 Å². The highest BCUT2D eigenvalue weighted by atomic mass is 16.5. The Labute approximate surface area is 171 Å². The Morgan fingerprint density at radius 2 is 1.63 bits per heavy atom. The van der Waals surface area contributed by atoms with Crippen molar-refractivity contribution >= 4 is 33.7 Å². The molecule has 0 atom stereocenters. The molecule has 0 amide bonds. The van der Waals surface area contributed by atoms with Gasteiger partial charge in [0.05, 0.1) is 39.3 Å². The molecule has 0 saturated heterocycles. The maximum Gasteiger partial charge on any atom is 0.280 e. The number of pyridine rings is 1. The number of anilines is 1. The first kappa shape index (κ1) is 19.3. The first-order valence-corrected chi connectivity index (χ1v) is 8.98. The van der Waals surface area contributed by atoms with Gasteiger partial charge in [0.2, 0.25) is 5.75 Å². The second-order valence-electron chi connectivity index (χ2n) is 6.43. The highest BCUT2D eigenvalue weighted by Gasteiger charge is 2.22. The lowest BCUT2D eigenvalue weighted by Crippen LogP contribution is -2.15. The Kier molecular flexibility index (Phi) is 4.78. The predicted molar refractivity (Wildman–Crippen MR) is 112 cm³/mol. The van der Waals surface area contributed by atoms with E-state index in [2.05, 4.69) is 10.1 Å². The lowest BCUT2D eigenvalue weighted by Gasteiger charge is -2.13. The van der Waals surface area contributed by atoms with Crippen LogP contribution in [0.15, 0.2) is 36.4 Å². The zero-order chi connectivity index (χ0) is 21.4. The van der Waals surface area contributed by atoms with Gasteiger partial charge in [-0.1, -0.05) is 0 Å². The van der Waals surface area contributed by atoms with E-state index in [-0.39, 0.29) is 11.4 Å². The summed E-state index contributed by atoms with van der Waals surface area (Å²) in [7, 11) is 6.03. The number of rotatable bonds is 5. The standard InChI is InChI=1S/C21H20N4O5/c1-27-13-6-5-11-7-14-19(22)24-25(20(14)23-15(11)10-13)21(26)12-8-16(28-2)18(30-4)17(9-12)29-3/h5-10H,1-4H3,(H2,22,24). The maximum absolute atomic E-state index is 13.3. The number of carbonyl (C=O) groups is 1. The number of benzene rings is 2. The van der Waals surface area contributed by atoms with Crippen LogP contribution in [-0.2, 0) is 0 Å². The molecular weight excluding hydrogens is 388 g/mol.